The standard InChI is InChI=1S/C12H17NOS/c13-11-5-3-9(4-6-11)12(14)10-2-1-7-15-8-10/h3-6,10,12,14H,1-2,7-8,13H2. The summed E-state index contributed by atoms with van der Waals surface area (Å²) in [4.78, 5) is 0. The summed E-state index contributed by atoms with van der Waals surface area (Å²) in [6, 6.07) is 7.57. The van der Waals surface area contributed by atoms with Crippen molar-refractivity contribution < 1.29 is 5.11 Å². The fourth-order valence-corrected chi connectivity index (χ4v) is 3.17. The van der Waals surface area contributed by atoms with Gasteiger partial charge in [0, 0.05) is 5.69 Å². The van der Waals surface area contributed by atoms with Crippen LogP contribution in [0.4, 0.5) is 5.69 Å². The number of aliphatic hydroxyl groups excluding tert-OH is 1. The van der Waals surface area contributed by atoms with Gasteiger partial charge in [-0.1, -0.05) is 12.1 Å². The predicted octanol–water partition coefficient (Wildman–Crippen LogP) is 2.45. The van der Waals surface area contributed by atoms with Crippen LogP contribution in [0.15, 0.2) is 24.3 Å². The van der Waals surface area contributed by atoms with E-state index >= 15 is 0 Å². The fraction of sp³-hybridized carbons (Fsp3) is 0.500. The summed E-state index contributed by atoms with van der Waals surface area (Å²) in [7, 11) is 0. The van der Waals surface area contributed by atoms with Crippen molar-refractivity contribution in [3.8, 4) is 0 Å². The van der Waals surface area contributed by atoms with Crippen LogP contribution in [-0.4, -0.2) is 16.6 Å². The van der Waals surface area contributed by atoms with E-state index in [9.17, 15) is 5.11 Å². The molecule has 1 fully saturated rings. The number of rotatable bonds is 2. The Labute approximate surface area is 94.9 Å². The summed E-state index contributed by atoms with van der Waals surface area (Å²) >= 11 is 1.94. The molecule has 0 radical (unpaired) electrons. The highest BCUT2D eigenvalue weighted by atomic mass is 32.2. The largest absolute Gasteiger partial charge is 0.399 e. The molecule has 15 heavy (non-hydrogen) atoms. The lowest BCUT2D eigenvalue weighted by atomic mass is 9.93. The Hall–Kier alpha value is -0.670. The molecule has 0 amide bonds. The molecule has 0 aliphatic carbocycles. The van der Waals surface area contributed by atoms with Crippen molar-refractivity contribution in [3.63, 3.8) is 0 Å². The minimum Gasteiger partial charge on any atom is -0.399 e. The van der Waals surface area contributed by atoms with Crippen LogP contribution in [0.5, 0.6) is 0 Å². The molecule has 1 aliphatic heterocycles. The third kappa shape index (κ3) is 2.67. The molecule has 1 aliphatic rings. The molecule has 82 valence electrons. The molecule has 0 aromatic heterocycles. The quantitative estimate of drug-likeness (QED) is 0.757. The van der Waals surface area contributed by atoms with Gasteiger partial charge in [0.05, 0.1) is 6.10 Å². The Kier molecular flexibility index (Phi) is 3.54. The topological polar surface area (TPSA) is 46.2 Å². The zero-order valence-corrected chi connectivity index (χ0v) is 9.54. The molecule has 0 bridgehead atoms. The van der Waals surface area contributed by atoms with E-state index in [1.807, 2.05) is 36.0 Å². The van der Waals surface area contributed by atoms with E-state index < -0.39 is 0 Å². The molecule has 1 saturated heterocycles. The molecule has 2 nitrogen and oxygen atoms in total. The van der Waals surface area contributed by atoms with Gasteiger partial charge in [-0.15, -0.1) is 0 Å². The number of hydrogen-bond acceptors (Lipinski definition) is 3. The summed E-state index contributed by atoms with van der Waals surface area (Å²) in [5, 5.41) is 10.2. The highest BCUT2D eigenvalue weighted by molar-refractivity contribution is 7.99. The molecule has 1 aromatic carbocycles. The first-order valence-electron chi connectivity index (χ1n) is 5.38. The lowest BCUT2D eigenvalue weighted by Crippen LogP contribution is -2.19. The average Bonchev–Trinajstić information content (AvgIpc) is 2.30. The number of nitrogen functional groups attached to an aromatic ring is 1. The Balaban J connectivity index is 2.05. The van der Waals surface area contributed by atoms with E-state index in [-0.39, 0.29) is 6.10 Å². The van der Waals surface area contributed by atoms with Gasteiger partial charge in [-0.3, -0.25) is 0 Å². The maximum absolute atomic E-state index is 10.2. The maximum atomic E-state index is 10.2. The minimum absolute atomic E-state index is 0.321. The van der Waals surface area contributed by atoms with Crippen molar-refractivity contribution >= 4 is 17.4 Å². The Morgan fingerprint density at radius 2 is 2.07 bits per heavy atom. The van der Waals surface area contributed by atoms with Gasteiger partial charge in [-0.25, -0.2) is 0 Å². The first kappa shape index (κ1) is 10.8. The first-order chi connectivity index (χ1) is 7.27. The lowest BCUT2D eigenvalue weighted by Gasteiger charge is -2.26. The number of benzene rings is 1. The van der Waals surface area contributed by atoms with Crippen molar-refractivity contribution in [1.82, 2.24) is 0 Å². The summed E-state index contributed by atoms with van der Waals surface area (Å²) in [6.45, 7) is 0. The molecule has 2 rings (SSSR count). The van der Waals surface area contributed by atoms with Crippen LogP contribution < -0.4 is 5.73 Å². The normalized spacial score (nSPS) is 23.7. The summed E-state index contributed by atoms with van der Waals surface area (Å²) in [6.07, 6.45) is 2.04. The van der Waals surface area contributed by atoms with Crippen LogP contribution in [0.1, 0.15) is 24.5 Å². The highest BCUT2D eigenvalue weighted by Gasteiger charge is 2.23. The van der Waals surface area contributed by atoms with Crippen LogP contribution in [0.25, 0.3) is 0 Å². The zero-order valence-electron chi connectivity index (χ0n) is 8.73. The molecule has 0 spiro atoms. The summed E-state index contributed by atoms with van der Waals surface area (Å²) in [5.41, 5.74) is 7.37. The number of nitrogens with two attached hydrogens (primary N) is 1. The van der Waals surface area contributed by atoms with Gasteiger partial charge in [-0.05, 0) is 48.0 Å². The molecule has 3 N–H and O–H groups in total. The third-order valence-electron chi connectivity index (χ3n) is 2.92. The van der Waals surface area contributed by atoms with Crippen LogP contribution in [0.3, 0.4) is 0 Å². The SMILES string of the molecule is Nc1ccc(C(O)C2CCCSC2)cc1. The molecule has 1 heterocycles. The van der Waals surface area contributed by atoms with Crippen LogP contribution in [-0.2, 0) is 0 Å². The average molecular weight is 223 g/mol. The third-order valence-corrected chi connectivity index (χ3v) is 4.16. The van der Waals surface area contributed by atoms with Gasteiger partial charge >= 0.3 is 0 Å². The Morgan fingerprint density at radius 3 is 2.67 bits per heavy atom. The van der Waals surface area contributed by atoms with E-state index in [0.717, 1.165) is 23.4 Å². The van der Waals surface area contributed by atoms with Crippen LogP contribution >= 0.6 is 11.8 Å². The second kappa shape index (κ2) is 4.90. The predicted molar refractivity (Wildman–Crippen MR) is 65.9 cm³/mol. The van der Waals surface area contributed by atoms with E-state index in [2.05, 4.69) is 0 Å². The number of anilines is 1. The smallest absolute Gasteiger partial charge is 0.0826 e. The lowest BCUT2D eigenvalue weighted by molar-refractivity contribution is 0.113. The fourth-order valence-electron chi connectivity index (χ4n) is 1.98. The maximum Gasteiger partial charge on any atom is 0.0826 e. The van der Waals surface area contributed by atoms with Crippen molar-refractivity contribution in [2.24, 2.45) is 5.92 Å². The van der Waals surface area contributed by atoms with Crippen molar-refractivity contribution in [1.29, 1.82) is 0 Å². The number of aliphatic hydroxyl groups is 1. The van der Waals surface area contributed by atoms with Crippen LogP contribution in [0, 0.1) is 5.92 Å². The summed E-state index contributed by atoms with van der Waals surface area (Å²) in [5.74, 6) is 2.73. The van der Waals surface area contributed by atoms with Gasteiger partial charge in [0.2, 0.25) is 0 Å². The molecular weight excluding hydrogens is 206 g/mol. The molecule has 2 unspecified atom stereocenters. The minimum atomic E-state index is -0.321. The van der Waals surface area contributed by atoms with E-state index in [0.29, 0.717) is 5.92 Å². The zero-order chi connectivity index (χ0) is 10.7. The summed E-state index contributed by atoms with van der Waals surface area (Å²) < 4.78 is 0. The van der Waals surface area contributed by atoms with Gasteiger partial charge in [0.25, 0.3) is 0 Å². The van der Waals surface area contributed by atoms with Crippen molar-refractivity contribution in [2.75, 3.05) is 17.2 Å². The highest BCUT2D eigenvalue weighted by Crippen LogP contribution is 2.33. The molecule has 1 aromatic rings. The van der Waals surface area contributed by atoms with Crippen molar-refractivity contribution in [2.45, 2.75) is 18.9 Å². The number of hydrogen-bond donors (Lipinski definition) is 2. The first-order valence-corrected chi connectivity index (χ1v) is 6.54. The molecular formula is C12H17NOS. The Morgan fingerprint density at radius 1 is 1.33 bits per heavy atom. The van der Waals surface area contributed by atoms with E-state index in [4.69, 9.17) is 5.73 Å². The number of thioether (sulfide) groups is 1. The second-order valence-corrected chi connectivity index (χ2v) is 5.24. The van der Waals surface area contributed by atoms with E-state index in [1.165, 1.54) is 12.2 Å². The Bertz CT molecular complexity index is 306. The molecule has 2 atom stereocenters. The second-order valence-electron chi connectivity index (χ2n) is 4.09. The van der Waals surface area contributed by atoms with E-state index in [1.54, 1.807) is 0 Å². The van der Waals surface area contributed by atoms with Gasteiger partial charge in [-0.2, -0.15) is 11.8 Å². The monoisotopic (exact) mass is 223 g/mol. The van der Waals surface area contributed by atoms with Crippen molar-refractivity contribution in [3.05, 3.63) is 29.8 Å². The van der Waals surface area contributed by atoms with Gasteiger partial charge < -0.3 is 10.8 Å². The van der Waals surface area contributed by atoms with Gasteiger partial charge in [0.1, 0.15) is 0 Å². The molecule has 0 saturated carbocycles. The van der Waals surface area contributed by atoms with Gasteiger partial charge in [0.15, 0.2) is 0 Å². The molecule has 3 heteroatoms. The van der Waals surface area contributed by atoms with Crippen LogP contribution in [0.2, 0.25) is 0 Å².